The van der Waals surface area contributed by atoms with Crippen molar-refractivity contribution in [2.24, 2.45) is 53.3 Å². The van der Waals surface area contributed by atoms with Gasteiger partial charge in [-0.2, -0.15) is 0 Å². The van der Waals surface area contributed by atoms with Crippen molar-refractivity contribution in [2.75, 3.05) is 39.8 Å². The quantitative estimate of drug-likeness (QED) is 0.304. The first kappa shape index (κ1) is 34.4. The maximum absolute atomic E-state index is 7.19. The second-order valence-corrected chi connectivity index (χ2v) is 18.8. The molecular weight excluding hydrogens is 624 g/mol. The van der Waals surface area contributed by atoms with E-state index in [1.165, 1.54) is 12.8 Å². The van der Waals surface area contributed by atoms with Crippen LogP contribution in [-0.2, 0) is 38.5 Å². The lowest BCUT2D eigenvalue weighted by Crippen LogP contribution is -2.70. The highest BCUT2D eigenvalue weighted by molar-refractivity contribution is 5.12. The Balaban J connectivity index is 0.991. The zero-order chi connectivity index (χ0) is 33.9. The van der Waals surface area contributed by atoms with Crippen molar-refractivity contribution in [3.63, 3.8) is 0 Å². The number of ether oxygens (including phenoxy) is 4. The summed E-state index contributed by atoms with van der Waals surface area (Å²) in [6.07, 6.45) is 9.91. The second-order valence-electron chi connectivity index (χ2n) is 18.8. The van der Waals surface area contributed by atoms with Crippen LogP contribution in [0.15, 0.2) is 0 Å². The normalized spacial score (nSPS) is 56.4. The van der Waals surface area contributed by atoms with Crippen molar-refractivity contribution in [3.8, 4) is 0 Å². The molecule has 2 aliphatic carbocycles. The predicted octanol–water partition coefficient (Wildman–Crippen LogP) is 6.13. The molecule has 11 rings (SSSR count). The minimum Gasteiger partial charge on any atom is -0.346 e. The Hall–Kier alpha value is -0.400. The summed E-state index contributed by atoms with van der Waals surface area (Å²) >= 11 is 0. The van der Waals surface area contributed by atoms with Crippen LogP contribution in [0, 0.1) is 53.3 Å². The molecule has 0 aromatic rings. The van der Waals surface area contributed by atoms with E-state index in [-0.39, 0.29) is 12.2 Å². The topological polar surface area (TPSA) is 80.3 Å². The number of rotatable bonds is 6. The third-order valence-corrected chi connectivity index (χ3v) is 15.8. The summed E-state index contributed by atoms with van der Waals surface area (Å²) in [4.78, 5) is 30.4. The lowest BCUT2D eigenvalue weighted by molar-refractivity contribution is -0.571. The van der Waals surface area contributed by atoms with Gasteiger partial charge < -0.3 is 28.7 Å². The van der Waals surface area contributed by atoms with Crippen molar-refractivity contribution in [1.82, 2.24) is 9.80 Å². The second kappa shape index (κ2) is 12.3. The first-order valence-electron chi connectivity index (χ1n) is 20.2. The first-order chi connectivity index (χ1) is 23.4. The van der Waals surface area contributed by atoms with E-state index in [1.54, 1.807) is 0 Å². The zero-order valence-electron chi connectivity index (χ0n) is 31.3. The van der Waals surface area contributed by atoms with Crippen LogP contribution in [0.4, 0.5) is 0 Å². The number of hydrogen-bond donors (Lipinski definition) is 0. The van der Waals surface area contributed by atoms with E-state index in [0.29, 0.717) is 53.3 Å². The van der Waals surface area contributed by atoms with Gasteiger partial charge in [-0.3, -0.25) is 0 Å². The third kappa shape index (κ3) is 5.38. The van der Waals surface area contributed by atoms with Gasteiger partial charge in [0.25, 0.3) is 0 Å². The largest absolute Gasteiger partial charge is 0.346 e. The minimum atomic E-state index is -0.751. The van der Waals surface area contributed by atoms with E-state index in [9.17, 15) is 0 Å². The van der Waals surface area contributed by atoms with E-state index in [4.69, 9.17) is 38.5 Å². The van der Waals surface area contributed by atoms with Crippen molar-refractivity contribution in [3.05, 3.63) is 0 Å². The SMILES string of the molecule is C[C@@H]1CC[C@H]2[C@@H](C)C(CC(CC3O[C@@H]4O[C@]5(C)CC[C@@H]6[C@@H](C)CC[C@H]([C@@H]3C)[C@]46OO5)CN3CCN(C)CC3)O[C@H]3O[C@@]4(C)CC[C@@H]1[C@]32OO4. The molecule has 3 unspecified atom stereocenters. The van der Waals surface area contributed by atoms with Crippen molar-refractivity contribution < 1.29 is 38.5 Å². The molecule has 0 radical (unpaired) electrons. The Morgan fingerprint density at radius 3 is 1.53 bits per heavy atom. The maximum Gasteiger partial charge on any atom is 0.201 e. The van der Waals surface area contributed by atoms with Crippen LogP contribution in [0.1, 0.15) is 106 Å². The third-order valence-electron chi connectivity index (χ3n) is 15.8. The fourth-order valence-corrected chi connectivity index (χ4v) is 12.8. The van der Waals surface area contributed by atoms with Gasteiger partial charge in [0, 0.05) is 57.4 Å². The molecule has 10 nitrogen and oxygen atoms in total. The molecule has 0 aromatic carbocycles. The highest BCUT2D eigenvalue weighted by Gasteiger charge is 2.71. The van der Waals surface area contributed by atoms with E-state index >= 15 is 0 Å². The summed E-state index contributed by atoms with van der Waals surface area (Å²) in [7, 11) is 2.24. The Morgan fingerprint density at radius 1 is 0.592 bits per heavy atom. The van der Waals surface area contributed by atoms with Gasteiger partial charge >= 0.3 is 0 Å². The van der Waals surface area contributed by atoms with E-state index in [0.717, 1.165) is 84.1 Å². The molecule has 11 fully saturated rings. The Labute approximate surface area is 294 Å². The summed E-state index contributed by atoms with van der Waals surface area (Å²) in [5.74, 6) is 2.21. The minimum absolute atomic E-state index is 0.0876. The molecule has 9 saturated heterocycles. The highest BCUT2D eigenvalue weighted by Crippen LogP contribution is 2.63. The number of nitrogens with zero attached hydrogens (tertiary/aromatic N) is 2. The lowest BCUT2D eigenvalue weighted by Gasteiger charge is -2.61. The molecular formula is C39H64N2O8. The molecule has 9 aliphatic heterocycles. The molecule has 17 atom stereocenters. The van der Waals surface area contributed by atoms with Crippen LogP contribution in [0.2, 0.25) is 0 Å². The van der Waals surface area contributed by atoms with E-state index in [1.807, 2.05) is 13.8 Å². The van der Waals surface area contributed by atoms with Gasteiger partial charge in [0.1, 0.15) is 0 Å². The summed E-state index contributed by atoms with van der Waals surface area (Å²) in [6.45, 7) is 19.2. The first-order valence-corrected chi connectivity index (χ1v) is 20.2. The molecule has 49 heavy (non-hydrogen) atoms. The van der Waals surface area contributed by atoms with E-state index in [2.05, 4.69) is 44.5 Å². The monoisotopic (exact) mass is 688 g/mol. The number of piperazine rings is 1. The van der Waals surface area contributed by atoms with E-state index < -0.39 is 35.4 Å². The molecule has 9 heterocycles. The summed E-state index contributed by atoms with van der Waals surface area (Å²) in [5.41, 5.74) is -1.04. The van der Waals surface area contributed by atoms with Gasteiger partial charge in [-0.1, -0.05) is 27.7 Å². The standard InChI is InChI=1S/C39H64N2O8/c1-23-8-10-30-25(3)32(42-34-38(30)28(23)12-14-36(5,44-34)46-48-38)20-27(22-41-18-16-40(7)17-19-41)21-33-26(4)31-11-9-24(2)29-13-15-37(6)45-35(43-33)39(29,31)49-47-37/h23-35H,8-22H2,1-7H3/t23-,24+,25-,26+,27?,28+,29-,30+,31-,32?,33?,34+,35-,36-,37+,38-,39+. The van der Waals surface area contributed by atoms with Gasteiger partial charge in [-0.15, -0.1) is 0 Å². The van der Waals surface area contributed by atoms with Crippen molar-refractivity contribution >= 4 is 0 Å². The molecule has 0 N–H and O–H groups in total. The fraction of sp³-hybridized carbons (Fsp3) is 1.00. The van der Waals surface area contributed by atoms with Crippen molar-refractivity contribution in [2.45, 2.75) is 153 Å². The van der Waals surface area contributed by atoms with Gasteiger partial charge in [-0.05, 0) is 114 Å². The van der Waals surface area contributed by atoms with Crippen LogP contribution < -0.4 is 0 Å². The van der Waals surface area contributed by atoms with Crippen molar-refractivity contribution in [1.29, 1.82) is 0 Å². The van der Waals surface area contributed by atoms with Crippen LogP contribution in [0.3, 0.4) is 0 Å². The Bertz CT molecular complexity index is 1160. The smallest absolute Gasteiger partial charge is 0.201 e. The lowest BCUT2D eigenvalue weighted by atomic mass is 9.56. The Morgan fingerprint density at radius 2 is 1.06 bits per heavy atom. The summed E-state index contributed by atoms with van der Waals surface area (Å²) in [6, 6.07) is 0. The van der Waals surface area contributed by atoms with Gasteiger partial charge in [-0.25, -0.2) is 19.6 Å². The van der Waals surface area contributed by atoms with Gasteiger partial charge in [0.15, 0.2) is 23.8 Å². The molecule has 2 saturated carbocycles. The van der Waals surface area contributed by atoms with Crippen LogP contribution in [0.5, 0.6) is 0 Å². The molecule has 10 heteroatoms. The fourth-order valence-electron chi connectivity index (χ4n) is 12.8. The summed E-state index contributed by atoms with van der Waals surface area (Å²) in [5, 5.41) is 0. The molecule has 11 aliphatic rings. The van der Waals surface area contributed by atoms with Gasteiger partial charge in [0.05, 0.1) is 12.2 Å². The molecule has 278 valence electrons. The van der Waals surface area contributed by atoms with Crippen LogP contribution >= 0.6 is 0 Å². The molecule has 2 spiro atoms. The predicted molar refractivity (Wildman–Crippen MR) is 180 cm³/mol. The number of fused-ring (bicyclic) bond motifs is 4. The average molecular weight is 689 g/mol. The number of likely N-dealkylation sites (N-methyl/N-ethyl adjacent to an activating group) is 1. The average Bonchev–Trinajstić information content (AvgIpc) is 3.44. The Kier molecular flexibility index (Phi) is 8.64. The van der Waals surface area contributed by atoms with Crippen LogP contribution in [-0.4, -0.2) is 97.1 Å². The molecule has 0 aromatic heterocycles. The number of hydrogen-bond acceptors (Lipinski definition) is 10. The molecule has 0 amide bonds. The summed E-state index contributed by atoms with van der Waals surface area (Å²) < 4.78 is 27.9. The molecule has 4 bridgehead atoms. The maximum atomic E-state index is 7.19. The van der Waals surface area contributed by atoms with Crippen LogP contribution in [0.25, 0.3) is 0 Å². The van der Waals surface area contributed by atoms with Gasteiger partial charge in [0.2, 0.25) is 11.6 Å². The zero-order valence-corrected chi connectivity index (χ0v) is 31.3. The highest BCUT2D eigenvalue weighted by atomic mass is 17.3.